The first-order valence-corrected chi connectivity index (χ1v) is 4.69. The van der Waals surface area contributed by atoms with E-state index in [4.69, 9.17) is 32.9 Å². The van der Waals surface area contributed by atoms with Crippen molar-refractivity contribution in [2.75, 3.05) is 0 Å². The molecule has 0 radical (unpaired) electrons. The normalized spacial score (nSPS) is 10.2. The highest BCUT2D eigenvalue weighted by molar-refractivity contribution is 6.38. The number of nitriles is 1. The van der Waals surface area contributed by atoms with Gasteiger partial charge in [0.25, 0.3) is 0 Å². The van der Waals surface area contributed by atoms with Crippen molar-refractivity contribution < 1.29 is 4.42 Å². The topological polar surface area (TPSA) is 54.0 Å². The Hall–Kier alpha value is -1.50. The van der Waals surface area contributed by atoms with Crippen LogP contribution in [0.2, 0.25) is 10.0 Å². The largest absolute Gasteiger partial charge is 0.461 e. The molecule has 1 heterocycles. The molecule has 15 heavy (non-hydrogen) atoms. The summed E-state index contributed by atoms with van der Waals surface area (Å²) in [5.74, 6) is 0. The zero-order valence-electron chi connectivity index (χ0n) is 7.25. The molecule has 3 nitrogen and oxygen atoms in total. The van der Waals surface area contributed by atoms with Crippen molar-refractivity contribution in [3.8, 4) is 6.07 Å². The van der Waals surface area contributed by atoms with Crippen LogP contribution in [0.1, 0.15) is 5.56 Å². The van der Waals surface area contributed by atoms with E-state index in [1.54, 1.807) is 6.07 Å². The van der Waals surface area contributed by atoms with Crippen LogP contribution in [-0.4, -0.2) is 0 Å². The summed E-state index contributed by atoms with van der Waals surface area (Å²) in [5.41, 5.74) is -0.256. The Morgan fingerprint density at radius 3 is 2.73 bits per heavy atom. The number of fused-ring (bicyclic) bond motifs is 1. The molecule has 0 amide bonds. The highest BCUT2D eigenvalue weighted by Gasteiger charge is 2.10. The minimum atomic E-state index is -0.428. The maximum atomic E-state index is 11.7. The fourth-order valence-electron chi connectivity index (χ4n) is 1.24. The molecule has 0 bridgehead atoms. The molecule has 0 aliphatic rings. The summed E-state index contributed by atoms with van der Waals surface area (Å²) < 4.78 is 5.09. The molecule has 0 spiro atoms. The molecule has 0 atom stereocenters. The summed E-state index contributed by atoms with van der Waals surface area (Å²) in [6.45, 7) is 0. The third-order valence-electron chi connectivity index (χ3n) is 1.91. The number of benzene rings is 1. The first-order chi connectivity index (χ1) is 7.13. The molecule has 2 rings (SSSR count). The van der Waals surface area contributed by atoms with Gasteiger partial charge in [-0.15, -0.1) is 0 Å². The highest BCUT2D eigenvalue weighted by atomic mass is 35.5. The molecule has 0 unspecified atom stereocenters. The van der Waals surface area contributed by atoms with Crippen LogP contribution in [0.3, 0.4) is 0 Å². The summed E-state index contributed by atoms with van der Waals surface area (Å²) in [6, 6.07) is 4.63. The van der Waals surface area contributed by atoms with Crippen molar-refractivity contribution in [1.82, 2.24) is 0 Å². The smallest absolute Gasteiger partial charge is 0.210 e. The zero-order valence-corrected chi connectivity index (χ0v) is 8.76. The van der Waals surface area contributed by atoms with E-state index in [1.807, 2.05) is 0 Å². The average molecular weight is 240 g/mol. The summed E-state index contributed by atoms with van der Waals surface area (Å²) in [5, 5.41) is 9.43. The van der Waals surface area contributed by atoms with E-state index in [1.165, 1.54) is 12.1 Å². The summed E-state index contributed by atoms with van der Waals surface area (Å²) in [6.07, 6.45) is 1.09. The number of rotatable bonds is 0. The van der Waals surface area contributed by atoms with E-state index in [0.29, 0.717) is 5.02 Å². The number of nitrogens with zero attached hydrogens (tertiary/aromatic N) is 1. The van der Waals surface area contributed by atoms with Crippen LogP contribution >= 0.6 is 23.2 Å². The molecule has 0 aliphatic carbocycles. The van der Waals surface area contributed by atoms with Crippen LogP contribution in [0.25, 0.3) is 11.0 Å². The van der Waals surface area contributed by atoms with Gasteiger partial charge in [-0.2, -0.15) is 5.26 Å². The molecule has 0 N–H and O–H groups in total. The molecule has 1 aromatic heterocycles. The Morgan fingerprint density at radius 2 is 2.07 bits per heavy atom. The lowest BCUT2D eigenvalue weighted by molar-refractivity contribution is 0.600. The van der Waals surface area contributed by atoms with Crippen molar-refractivity contribution in [2.24, 2.45) is 0 Å². The van der Waals surface area contributed by atoms with Crippen LogP contribution in [0.15, 0.2) is 27.6 Å². The standard InChI is InChI=1S/C10H3Cl2NO2/c11-6-1-7-9(14)5(3-13)4-15-10(7)8(12)2-6/h1-2,4H. The van der Waals surface area contributed by atoms with Gasteiger partial charge in [-0.05, 0) is 12.1 Å². The second kappa shape index (κ2) is 3.58. The lowest BCUT2D eigenvalue weighted by Crippen LogP contribution is -2.05. The van der Waals surface area contributed by atoms with E-state index in [9.17, 15) is 4.79 Å². The third-order valence-corrected chi connectivity index (χ3v) is 2.41. The van der Waals surface area contributed by atoms with E-state index >= 15 is 0 Å². The van der Waals surface area contributed by atoms with Gasteiger partial charge in [-0.1, -0.05) is 23.2 Å². The van der Waals surface area contributed by atoms with Gasteiger partial charge in [-0.3, -0.25) is 4.79 Å². The maximum absolute atomic E-state index is 11.7. The van der Waals surface area contributed by atoms with Crippen molar-refractivity contribution in [3.05, 3.63) is 44.2 Å². The monoisotopic (exact) mass is 239 g/mol. The number of hydrogen-bond donors (Lipinski definition) is 0. The average Bonchev–Trinajstić information content (AvgIpc) is 2.19. The fraction of sp³-hybridized carbons (Fsp3) is 0. The van der Waals surface area contributed by atoms with Crippen molar-refractivity contribution in [1.29, 1.82) is 5.26 Å². The minimum absolute atomic E-state index is 0.0687. The molecular formula is C10H3Cl2NO2. The van der Waals surface area contributed by atoms with Gasteiger partial charge >= 0.3 is 0 Å². The molecule has 0 saturated heterocycles. The first kappa shape index (κ1) is 10.0. The van der Waals surface area contributed by atoms with Crippen LogP contribution in [-0.2, 0) is 0 Å². The summed E-state index contributed by atoms with van der Waals surface area (Å²) >= 11 is 11.6. The number of halogens is 2. The second-order valence-corrected chi connectivity index (χ2v) is 3.70. The maximum Gasteiger partial charge on any atom is 0.210 e. The van der Waals surface area contributed by atoms with Gasteiger partial charge in [0.1, 0.15) is 17.9 Å². The molecule has 1 aromatic carbocycles. The summed E-state index contributed by atoms with van der Waals surface area (Å²) in [4.78, 5) is 11.7. The molecule has 0 aliphatic heterocycles. The quantitative estimate of drug-likeness (QED) is 0.711. The van der Waals surface area contributed by atoms with Crippen molar-refractivity contribution in [3.63, 3.8) is 0 Å². The van der Waals surface area contributed by atoms with Gasteiger partial charge in [-0.25, -0.2) is 0 Å². The Bertz CT molecular complexity index is 640. The molecule has 74 valence electrons. The third kappa shape index (κ3) is 1.58. The Balaban J connectivity index is 3.01. The van der Waals surface area contributed by atoms with Gasteiger partial charge < -0.3 is 4.42 Å². The lowest BCUT2D eigenvalue weighted by atomic mass is 10.2. The zero-order chi connectivity index (χ0) is 11.0. The summed E-state index contributed by atoms with van der Waals surface area (Å²) in [7, 11) is 0. The Kier molecular flexibility index (Phi) is 2.39. The second-order valence-electron chi connectivity index (χ2n) is 2.85. The van der Waals surface area contributed by atoms with Crippen LogP contribution in [0.4, 0.5) is 0 Å². The van der Waals surface area contributed by atoms with Gasteiger partial charge in [0.05, 0.1) is 10.4 Å². The van der Waals surface area contributed by atoms with Crippen molar-refractivity contribution >= 4 is 34.2 Å². The van der Waals surface area contributed by atoms with Crippen LogP contribution in [0, 0.1) is 11.3 Å². The van der Waals surface area contributed by atoms with Gasteiger partial charge in [0.2, 0.25) is 5.43 Å². The SMILES string of the molecule is N#Cc1coc2c(Cl)cc(Cl)cc2c1=O. The molecule has 0 fully saturated rings. The number of hydrogen-bond acceptors (Lipinski definition) is 3. The van der Waals surface area contributed by atoms with Crippen molar-refractivity contribution in [2.45, 2.75) is 0 Å². The van der Waals surface area contributed by atoms with E-state index < -0.39 is 5.43 Å². The predicted octanol–water partition coefficient (Wildman–Crippen LogP) is 2.97. The lowest BCUT2D eigenvalue weighted by Gasteiger charge is -1.99. The Morgan fingerprint density at radius 1 is 1.33 bits per heavy atom. The fourth-order valence-corrected chi connectivity index (χ4v) is 1.78. The van der Waals surface area contributed by atoms with E-state index in [-0.39, 0.29) is 21.6 Å². The molecule has 5 heteroatoms. The van der Waals surface area contributed by atoms with E-state index in [2.05, 4.69) is 0 Å². The Labute approximate surface area is 94.4 Å². The minimum Gasteiger partial charge on any atom is -0.461 e. The highest BCUT2D eigenvalue weighted by Crippen LogP contribution is 2.26. The van der Waals surface area contributed by atoms with Crippen LogP contribution in [0.5, 0.6) is 0 Å². The van der Waals surface area contributed by atoms with Crippen LogP contribution < -0.4 is 5.43 Å². The van der Waals surface area contributed by atoms with E-state index in [0.717, 1.165) is 6.26 Å². The first-order valence-electron chi connectivity index (χ1n) is 3.94. The van der Waals surface area contributed by atoms with Gasteiger partial charge in [0.15, 0.2) is 5.58 Å². The van der Waals surface area contributed by atoms with Gasteiger partial charge in [0, 0.05) is 5.02 Å². The predicted molar refractivity (Wildman–Crippen MR) is 57.2 cm³/mol. The molecular weight excluding hydrogens is 237 g/mol. The molecule has 2 aromatic rings. The molecule has 0 saturated carbocycles.